The smallest absolute Gasteiger partial charge is 0.187 e. The first kappa shape index (κ1) is 36.8. The third-order valence-electron chi connectivity index (χ3n) is 8.51. The van der Waals surface area contributed by atoms with Crippen molar-refractivity contribution in [1.29, 1.82) is 0 Å². The van der Waals surface area contributed by atoms with E-state index in [1.807, 2.05) is 0 Å². The van der Waals surface area contributed by atoms with Crippen LogP contribution < -0.4 is 5.32 Å². The molecule has 3 aliphatic heterocycles. The van der Waals surface area contributed by atoms with E-state index in [1.165, 1.54) is 6.08 Å². The number of ether oxygens (including phenoxy) is 5. The molecule has 20 nitrogen and oxygen atoms in total. The molecule has 3 heterocycles. The lowest BCUT2D eigenvalue weighted by Gasteiger charge is -2.49. The third-order valence-corrected chi connectivity index (χ3v) is 8.51. The zero-order chi connectivity index (χ0) is 33.3. The predicted octanol–water partition coefficient (Wildman–Crippen LogP) is -9.59. The first-order valence-corrected chi connectivity index (χ1v) is 14.3. The van der Waals surface area contributed by atoms with Crippen molar-refractivity contribution in [3.05, 3.63) is 11.6 Å². The topological polar surface area (TPSA) is 341 Å². The summed E-state index contributed by atoms with van der Waals surface area (Å²) in [5.74, 6) is 0. The van der Waals surface area contributed by atoms with Gasteiger partial charge in [0, 0.05) is 0 Å². The lowest BCUT2D eigenvalue weighted by atomic mass is 9.86. The Morgan fingerprint density at radius 2 is 1.04 bits per heavy atom. The Kier molecular flexibility index (Phi) is 12.6. The van der Waals surface area contributed by atoms with E-state index in [-0.39, 0.29) is 5.57 Å². The van der Waals surface area contributed by atoms with E-state index in [0.29, 0.717) is 0 Å². The SMILES string of the molecule is OCC1=C[C@H](N[C@H]2[C@H](O)[C@@H](O)[C@@H](O[C@H]3[C@H](O)[C@@H](O)[C@@H](O[C@H]4[C@H](O)[C@@H](O)[C@@H](O)O[C@@H]4CO)O[C@@H]3CO)O[C@@H]2CO)[C@H](O)[C@@H](O)[C@@H]1O. The second-order valence-electron chi connectivity index (χ2n) is 11.4. The Hall–Kier alpha value is -1.06. The van der Waals surface area contributed by atoms with Crippen LogP contribution >= 0.6 is 0 Å². The van der Waals surface area contributed by atoms with Gasteiger partial charge in [-0.2, -0.15) is 0 Å². The summed E-state index contributed by atoms with van der Waals surface area (Å²) in [5, 5.41) is 146. The van der Waals surface area contributed by atoms with E-state index in [1.54, 1.807) is 0 Å². The summed E-state index contributed by atoms with van der Waals surface area (Å²) < 4.78 is 27.2. The van der Waals surface area contributed by atoms with Crippen molar-refractivity contribution in [1.82, 2.24) is 5.32 Å². The summed E-state index contributed by atoms with van der Waals surface area (Å²) >= 11 is 0. The maximum Gasteiger partial charge on any atom is 0.187 e. The summed E-state index contributed by atoms with van der Waals surface area (Å²) in [5.41, 5.74) is -0.0350. The summed E-state index contributed by atoms with van der Waals surface area (Å²) in [7, 11) is 0. The van der Waals surface area contributed by atoms with Gasteiger partial charge in [-0.15, -0.1) is 0 Å². The van der Waals surface area contributed by atoms with E-state index < -0.39 is 143 Å². The minimum Gasteiger partial charge on any atom is -0.394 e. The second kappa shape index (κ2) is 15.4. The fourth-order valence-electron chi connectivity index (χ4n) is 5.85. The first-order chi connectivity index (χ1) is 21.3. The molecule has 15 N–H and O–H groups in total. The summed E-state index contributed by atoms with van der Waals surface area (Å²) in [4.78, 5) is 0. The molecule has 20 heteroatoms. The monoisotopic (exact) mass is 661 g/mol. The minimum absolute atomic E-state index is 0.0350. The molecule has 0 unspecified atom stereocenters. The van der Waals surface area contributed by atoms with Crippen molar-refractivity contribution in [2.45, 2.75) is 116 Å². The number of rotatable bonds is 10. The molecular formula is C25H43NO19. The van der Waals surface area contributed by atoms with Crippen LogP contribution in [0.2, 0.25) is 0 Å². The molecule has 4 rings (SSSR count). The average Bonchev–Trinajstić information content (AvgIpc) is 3.03. The van der Waals surface area contributed by atoms with E-state index in [2.05, 4.69) is 5.32 Å². The van der Waals surface area contributed by atoms with Crippen molar-refractivity contribution < 1.29 is 95.2 Å². The molecule has 3 fully saturated rings. The Bertz CT molecular complexity index is 973. The zero-order valence-corrected chi connectivity index (χ0v) is 23.7. The zero-order valence-electron chi connectivity index (χ0n) is 23.7. The second-order valence-corrected chi connectivity index (χ2v) is 11.4. The van der Waals surface area contributed by atoms with Gasteiger partial charge in [-0.1, -0.05) is 6.08 Å². The van der Waals surface area contributed by atoms with Crippen LogP contribution in [0.5, 0.6) is 0 Å². The number of hydrogen-bond acceptors (Lipinski definition) is 20. The largest absolute Gasteiger partial charge is 0.394 e. The summed E-state index contributed by atoms with van der Waals surface area (Å²) in [6.45, 7) is -3.13. The van der Waals surface area contributed by atoms with Crippen LogP contribution in [-0.2, 0) is 23.7 Å². The van der Waals surface area contributed by atoms with Crippen LogP contribution in [0.15, 0.2) is 11.6 Å². The van der Waals surface area contributed by atoms with E-state index in [9.17, 15) is 71.5 Å². The Labute approximate surface area is 255 Å². The van der Waals surface area contributed by atoms with Gasteiger partial charge in [-0.05, 0) is 5.57 Å². The van der Waals surface area contributed by atoms with Gasteiger partial charge in [-0.3, -0.25) is 0 Å². The Morgan fingerprint density at radius 1 is 0.556 bits per heavy atom. The molecule has 4 aliphatic rings. The fraction of sp³-hybridized carbons (Fsp3) is 0.920. The molecule has 1 aliphatic carbocycles. The highest BCUT2D eigenvalue weighted by Crippen LogP contribution is 2.32. The minimum atomic E-state index is -1.98. The molecular weight excluding hydrogens is 618 g/mol. The molecule has 0 bridgehead atoms. The predicted molar refractivity (Wildman–Crippen MR) is 139 cm³/mol. The summed E-state index contributed by atoms with van der Waals surface area (Å²) in [6, 6.07) is -2.51. The first-order valence-electron chi connectivity index (χ1n) is 14.3. The maximum atomic E-state index is 10.9. The maximum absolute atomic E-state index is 10.9. The van der Waals surface area contributed by atoms with E-state index in [0.717, 1.165) is 0 Å². The molecule has 0 aromatic heterocycles. The molecule has 0 spiro atoms. The Morgan fingerprint density at radius 3 is 1.58 bits per heavy atom. The number of aliphatic hydroxyl groups is 14. The van der Waals surface area contributed by atoms with E-state index in [4.69, 9.17) is 23.7 Å². The molecule has 0 aromatic rings. The molecule has 0 amide bonds. The number of nitrogens with one attached hydrogen (secondary N) is 1. The lowest BCUT2D eigenvalue weighted by molar-refractivity contribution is -0.374. The van der Waals surface area contributed by atoms with Gasteiger partial charge in [0.05, 0.1) is 38.5 Å². The fourth-order valence-corrected chi connectivity index (χ4v) is 5.85. The molecule has 45 heavy (non-hydrogen) atoms. The van der Waals surface area contributed by atoms with Crippen molar-refractivity contribution in [3.8, 4) is 0 Å². The molecule has 0 radical (unpaired) electrons. The van der Waals surface area contributed by atoms with Gasteiger partial charge in [0.25, 0.3) is 0 Å². The normalized spacial score (nSPS) is 51.2. The van der Waals surface area contributed by atoms with Crippen LogP contribution in [0, 0.1) is 0 Å². The lowest BCUT2D eigenvalue weighted by Crippen LogP contribution is -2.69. The molecule has 19 atom stereocenters. The van der Waals surface area contributed by atoms with Crippen molar-refractivity contribution >= 4 is 0 Å². The van der Waals surface area contributed by atoms with Crippen molar-refractivity contribution in [2.75, 3.05) is 26.4 Å². The van der Waals surface area contributed by atoms with Gasteiger partial charge >= 0.3 is 0 Å². The van der Waals surface area contributed by atoms with Crippen LogP contribution in [-0.4, -0.2) is 214 Å². The molecule has 262 valence electrons. The van der Waals surface area contributed by atoms with Crippen LogP contribution in [0.3, 0.4) is 0 Å². The third kappa shape index (κ3) is 7.35. The van der Waals surface area contributed by atoms with Crippen LogP contribution in [0.1, 0.15) is 0 Å². The van der Waals surface area contributed by atoms with Gasteiger partial charge in [0.15, 0.2) is 18.9 Å². The Balaban J connectivity index is 1.45. The standard InChI is InChI=1S/C25H43NO19/c27-2-6-1-7(13(32)15(34)12(6)31)26-11-8(3-28)42-24(19(38)14(11)33)45-22-10(5-30)43-25(20(39)17(22)36)44-21-9(4-29)41-23(40)18(37)16(21)35/h1,7-40H,2-5H2/t7-,8+,9+,10+,11+,12+,13-,14-,15-,16+,17+,18+,19+,20+,21+,22+,23-,24+,25+/m0/s1. The molecule has 0 aromatic carbocycles. The highest BCUT2D eigenvalue weighted by molar-refractivity contribution is 5.22. The van der Waals surface area contributed by atoms with Crippen molar-refractivity contribution in [2.24, 2.45) is 0 Å². The van der Waals surface area contributed by atoms with Crippen LogP contribution in [0.4, 0.5) is 0 Å². The van der Waals surface area contributed by atoms with Gasteiger partial charge in [0.2, 0.25) is 0 Å². The van der Waals surface area contributed by atoms with E-state index >= 15 is 0 Å². The number of aliphatic hydroxyl groups excluding tert-OH is 14. The molecule has 0 saturated carbocycles. The van der Waals surface area contributed by atoms with Gasteiger partial charge in [-0.25, -0.2) is 0 Å². The highest BCUT2D eigenvalue weighted by Gasteiger charge is 2.54. The highest BCUT2D eigenvalue weighted by atomic mass is 16.7. The molecule has 3 saturated heterocycles. The van der Waals surface area contributed by atoms with Crippen LogP contribution in [0.25, 0.3) is 0 Å². The average molecular weight is 662 g/mol. The van der Waals surface area contributed by atoms with Gasteiger partial charge in [0.1, 0.15) is 85.5 Å². The van der Waals surface area contributed by atoms with Crippen molar-refractivity contribution in [3.63, 3.8) is 0 Å². The van der Waals surface area contributed by atoms with Gasteiger partial charge < -0.3 is 100 Å². The summed E-state index contributed by atoms with van der Waals surface area (Å²) in [6.07, 6.45) is -28.1. The number of hydrogen-bond donors (Lipinski definition) is 15. The quantitative estimate of drug-likeness (QED) is 0.0966.